The van der Waals surface area contributed by atoms with Crippen molar-refractivity contribution in [1.82, 2.24) is 5.32 Å². The molecule has 1 aromatic rings. The first-order chi connectivity index (χ1) is 8.65. The van der Waals surface area contributed by atoms with Gasteiger partial charge in [-0.15, -0.1) is 0 Å². The predicted octanol–water partition coefficient (Wildman–Crippen LogP) is 0.527. The van der Waals surface area contributed by atoms with Crippen molar-refractivity contribution < 1.29 is 23.8 Å². The van der Waals surface area contributed by atoms with Gasteiger partial charge in [0.1, 0.15) is 17.2 Å². The minimum absolute atomic E-state index is 0.133. The van der Waals surface area contributed by atoms with Crippen molar-refractivity contribution >= 4 is 12.2 Å². The number of carbonyl (C=O) groups excluding carboxylic acids is 2. The Morgan fingerprint density at radius 1 is 1.17 bits per heavy atom. The van der Waals surface area contributed by atoms with Crippen LogP contribution in [0, 0.1) is 0 Å². The molecule has 0 fully saturated rings. The van der Waals surface area contributed by atoms with Crippen LogP contribution >= 0.6 is 0 Å². The summed E-state index contributed by atoms with van der Waals surface area (Å²) in [4.78, 5) is 21.2. The maximum atomic E-state index is 10.9. The molecule has 0 heterocycles. The van der Waals surface area contributed by atoms with E-state index in [0.717, 1.165) is 0 Å². The molecule has 1 aromatic carbocycles. The van der Waals surface area contributed by atoms with Gasteiger partial charge in [-0.25, -0.2) is 0 Å². The molecule has 1 amide bonds. The number of carbonyl (C=O) groups is 2. The third kappa shape index (κ3) is 3.13. The highest BCUT2D eigenvalue weighted by Crippen LogP contribution is 2.33. The summed E-state index contributed by atoms with van der Waals surface area (Å²) in [5.74, 6) is 0.902. The van der Waals surface area contributed by atoms with Crippen LogP contribution < -0.4 is 19.5 Å². The summed E-state index contributed by atoms with van der Waals surface area (Å²) in [5.41, 5.74) is 0.635. The summed E-state index contributed by atoms with van der Waals surface area (Å²) in [6.07, 6.45) is 0.211. The van der Waals surface area contributed by atoms with E-state index in [9.17, 15) is 9.59 Å². The Balaban J connectivity index is 3.06. The number of nitrogens with one attached hydrogen (secondary N) is 1. The molecule has 6 heteroatoms. The summed E-state index contributed by atoms with van der Waals surface area (Å²) in [6, 6.07) is 3.34. The maximum Gasteiger partial charge on any atom is 0.284 e. The molecule has 0 bridgehead atoms. The third-order valence-electron chi connectivity index (χ3n) is 2.36. The largest absolute Gasteiger partial charge is 0.496 e. The first kappa shape index (κ1) is 13.8. The fourth-order valence-corrected chi connectivity index (χ4v) is 1.47. The topological polar surface area (TPSA) is 73.9 Å². The van der Waals surface area contributed by atoms with Crippen LogP contribution in [-0.2, 0) is 16.1 Å². The SMILES string of the molecule is COc1cc(OC)c(CNC(=O)C=O)c(OC)c1. The lowest BCUT2D eigenvalue weighted by Crippen LogP contribution is -2.24. The van der Waals surface area contributed by atoms with Crippen LogP contribution in [-0.4, -0.2) is 33.5 Å². The van der Waals surface area contributed by atoms with E-state index >= 15 is 0 Å². The highest BCUT2D eigenvalue weighted by atomic mass is 16.5. The van der Waals surface area contributed by atoms with E-state index in [1.807, 2.05) is 0 Å². The number of hydrogen-bond donors (Lipinski definition) is 1. The van der Waals surface area contributed by atoms with Gasteiger partial charge in [-0.05, 0) is 0 Å². The molecule has 0 aliphatic rings. The first-order valence-corrected chi connectivity index (χ1v) is 5.18. The zero-order chi connectivity index (χ0) is 13.5. The molecule has 6 nitrogen and oxygen atoms in total. The summed E-state index contributed by atoms with van der Waals surface area (Å²) < 4.78 is 15.5. The minimum atomic E-state index is -0.699. The van der Waals surface area contributed by atoms with Gasteiger partial charge in [-0.1, -0.05) is 0 Å². The molecule has 0 radical (unpaired) electrons. The highest BCUT2D eigenvalue weighted by Gasteiger charge is 2.13. The molecule has 18 heavy (non-hydrogen) atoms. The van der Waals surface area contributed by atoms with Crippen LogP contribution in [0.3, 0.4) is 0 Å². The van der Waals surface area contributed by atoms with Crippen LogP contribution in [0.1, 0.15) is 5.56 Å². The smallest absolute Gasteiger partial charge is 0.284 e. The average molecular weight is 253 g/mol. The van der Waals surface area contributed by atoms with Crippen LogP contribution in [0.15, 0.2) is 12.1 Å². The second-order valence-corrected chi connectivity index (χ2v) is 3.35. The van der Waals surface area contributed by atoms with E-state index in [1.54, 1.807) is 12.1 Å². The average Bonchev–Trinajstić information content (AvgIpc) is 2.43. The van der Waals surface area contributed by atoms with Crippen LogP contribution in [0.2, 0.25) is 0 Å². The Hall–Kier alpha value is -2.24. The lowest BCUT2D eigenvalue weighted by molar-refractivity contribution is -0.131. The first-order valence-electron chi connectivity index (χ1n) is 5.18. The predicted molar refractivity (Wildman–Crippen MR) is 64.0 cm³/mol. The second kappa shape index (κ2) is 6.48. The van der Waals surface area contributed by atoms with Crippen molar-refractivity contribution in [2.24, 2.45) is 0 Å². The number of hydrogen-bond acceptors (Lipinski definition) is 5. The monoisotopic (exact) mass is 253 g/mol. The molecule has 1 N–H and O–H groups in total. The summed E-state index contributed by atoms with van der Waals surface area (Å²) >= 11 is 0. The molecule has 0 aromatic heterocycles. The molecule has 0 saturated heterocycles. The van der Waals surface area contributed by atoms with Crippen molar-refractivity contribution in [3.8, 4) is 17.2 Å². The molecular formula is C12H15NO5. The van der Waals surface area contributed by atoms with Crippen molar-refractivity contribution in [3.05, 3.63) is 17.7 Å². The van der Waals surface area contributed by atoms with Gasteiger partial charge in [-0.3, -0.25) is 9.59 Å². The lowest BCUT2D eigenvalue weighted by atomic mass is 10.1. The van der Waals surface area contributed by atoms with Gasteiger partial charge in [0.15, 0.2) is 0 Å². The van der Waals surface area contributed by atoms with Crippen molar-refractivity contribution in [2.45, 2.75) is 6.54 Å². The zero-order valence-corrected chi connectivity index (χ0v) is 10.5. The van der Waals surface area contributed by atoms with Gasteiger partial charge >= 0.3 is 0 Å². The molecular weight excluding hydrogens is 238 g/mol. The van der Waals surface area contributed by atoms with E-state index in [4.69, 9.17) is 14.2 Å². The quantitative estimate of drug-likeness (QED) is 0.591. The number of benzene rings is 1. The van der Waals surface area contributed by atoms with Crippen LogP contribution in [0.4, 0.5) is 0 Å². The molecule has 0 aliphatic carbocycles. The van der Waals surface area contributed by atoms with E-state index in [0.29, 0.717) is 22.8 Å². The maximum absolute atomic E-state index is 10.9. The van der Waals surface area contributed by atoms with E-state index in [1.165, 1.54) is 21.3 Å². The zero-order valence-electron chi connectivity index (χ0n) is 10.5. The number of methoxy groups -OCH3 is 3. The van der Waals surface area contributed by atoms with E-state index in [2.05, 4.69) is 5.32 Å². The summed E-state index contributed by atoms with van der Waals surface area (Å²) in [7, 11) is 4.53. The molecule has 0 saturated carbocycles. The van der Waals surface area contributed by atoms with Crippen molar-refractivity contribution in [3.63, 3.8) is 0 Å². The minimum Gasteiger partial charge on any atom is -0.496 e. The third-order valence-corrected chi connectivity index (χ3v) is 2.36. The van der Waals surface area contributed by atoms with Crippen molar-refractivity contribution in [1.29, 1.82) is 0 Å². The Kier molecular flexibility index (Phi) is 4.98. The molecule has 1 rings (SSSR count). The second-order valence-electron chi connectivity index (χ2n) is 3.35. The summed E-state index contributed by atoms with van der Waals surface area (Å²) in [6.45, 7) is 0.133. The Labute approximate surface area is 105 Å². The van der Waals surface area contributed by atoms with E-state index in [-0.39, 0.29) is 12.8 Å². The fraction of sp³-hybridized carbons (Fsp3) is 0.333. The van der Waals surface area contributed by atoms with Gasteiger partial charge in [0.05, 0.1) is 33.4 Å². The lowest BCUT2D eigenvalue weighted by Gasteiger charge is -2.14. The summed E-state index contributed by atoms with van der Waals surface area (Å²) in [5, 5.41) is 2.43. The standard InChI is InChI=1S/C12H15NO5/c1-16-8-4-10(17-2)9(11(5-8)18-3)6-13-12(15)7-14/h4-5,7H,6H2,1-3H3,(H,13,15). The number of ether oxygens (including phenoxy) is 3. The molecule has 0 unspecified atom stereocenters. The Morgan fingerprint density at radius 2 is 1.72 bits per heavy atom. The van der Waals surface area contributed by atoms with Crippen molar-refractivity contribution in [2.75, 3.05) is 21.3 Å². The number of amides is 1. The van der Waals surface area contributed by atoms with Gasteiger partial charge in [0.2, 0.25) is 6.29 Å². The molecule has 98 valence electrons. The van der Waals surface area contributed by atoms with Crippen LogP contribution in [0.5, 0.6) is 17.2 Å². The normalized spacial score (nSPS) is 9.50. The van der Waals surface area contributed by atoms with E-state index < -0.39 is 5.91 Å². The Bertz CT molecular complexity index is 419. The van der Waals surface area contributed by atoms with Gasteiger partial charge in [0, 0.05) is 12.1 Å². The molecule has 0 aliphatic heterocycles. The molecule has 0 atom stereocenters. The Morgan fingerprint density at radius 3 is 2.11 bits per heavy atom. The highest BCUT2D eigenvalue weighted by molar-refractivity contribution is 6.23. The van der Waals surface area contributed by atoms with Gasteiger partial charge in [0.25, 0.3) is 5.91 Å². The van der Waals surface area contributed by atoms with Crippen LogP contribution in [0.25, 0.3) is 0 Å². The number of rotatable bonds is 6. The van der Waals surface area contributed by atoms with Gasteiger partial charge in [-0.2, -0.15) is 0 Å². The van der Waals surface area contributed by atoms with Gasteiger partial charge < -0.3 is 19.5 Å². The fourth-order valence-electron chi connectivity index (χ4n) is 1.47. The number of aldehydes is 1. The molecule has 0 spiro atoms.